The van der Waals surface area contributed by atoms with Crippen LogP contribution in [0.3, 0.4) is 0 Å². The standard InChI is InChI=1S/C13H24F3N3/c14-13(15,16)11-19-9-7-18(8-10-19)6-4-12-3-1-2-5-17-12/h12,17H,1-11H2. The summed E-state index contributed by atoms with van der Waals surface area (Å²) in [6.45, 7) is 3.98. The number of piperazine rings is 1. The van der Waals surface area contributed by atoms with Crippen LogP contribution in [-0.4, -0.2) is 67.8 Å². The Morgan fingerprint density at radius 1 is 1.00 bits per heavy atom. The van der Waals surface area contributed by atoms with Crippen LogP contribution in [0.1, 0.15) is 25.7 Å². The monoisotopic (exact) mass is 279 g/mol. The molecule has 2 rings (SSSR count). The van der Waals surface area contributed by atoms with E-state index in [4.69, 9.17) is 0 Å². The van der Waals surface area contributed by atoms with Crippen molar-refractivity contribution in [2.45, 2.75) is 37.9 Å². The molecule has 1 atom stereocenters. The van der Waals surface area contributed by atoms with Crippen molar-refractivity contribution in [1.82, 2.24) is 15.1 Å². The molecule has 2 aliphatic rings. The molecule has 2 saturated heterocycles. The maximum Gasteiger partial charge on any atom is 0.401 e. The van der Waals surface area contributed by atoms with Crippen LogP contribution in [-0.2, 0) is 0 Å². The number of nitrogens with one attached hydrogen (secondary N) is 1. The van der Waals surface area contributed by atoms with Gasteiger partial charge in [-0.15, -0.1) is 0 Å². The second-order valence-electron chi connectivity index (χ2n) is 5.67. The van der Waals surface area contributed by atoms with Gasteiger partial charge >= 0.3 is 6.18 Å². The number of hydrogen-bond acceptors (Lipinski definition) is 3. The van der Waals surface area contributed by atoms with Crippen molar-refractivity contribution >= 4 is 0 Å². The van der Waals surface area contributed by atoms with Gasteiger partial charge in [0.15, 0.2) is 0 Å². The van der Waals surface area contributed by atoms with Crippen LogP contribution in [0.25, 0.3) is 0 Å². The van der Waals surface area contributed by atoms with Gasteiger partial charge in [0, 0.05) is 32.2 Å². The molecule has 0 spiro atoms. The highest BCUT2D eigenvalue weighted by molar-refractivity contribution is 4.77. The van der Waals surface area contributed by atoms with Crippen molar-refractivity contribution in [2.24, 2.45) is 0 Å². The maximum absolute atomic E-state index is 12.3. The molecule has 112 valence electrons. The molecule has 0 aromatic heterocycles. The number of rotatable bonds is 4. The Morgan fingerprint density at radius 2 is 1.68 bits per heavy atom. The summed E-state index contributed by atoms with van der Waals surface area (Å²) in [5.74, 6) is 0. The van der Waals surface area contributed by atoms with Crippen LogP contribution in [0, 0.1) is 0 Å². The van der Waals surface area contributed by atoms with Crippen molar-refractivity contribution in [3.05, 3.63) is 0 Å². The van der Waals surface area contributed by atoms with E-state index in [1.807, 2.05) is 0 Å². The normalized spacial score (nSPS) is 27.6. The first kappa shape index (κ1) is 15.1. The predicted octanol–water partition coefficient (Wildman–Crippen LogP) is 1.70. The first-order chi connectivity index (χ1) is 9.03. The lowest BCUT2D eigenvalue weighted by atomic mass is 10.0. The molecule has 6 heteroatoms. The quantitative estimate of drug-likeness (QED) is 0.845. The zero-order valence-electron chi connectivity index (χ0n) is 11.4. The summed E-state index contributed by atoms with van der Waals surface area (Å²) in [6, 6.07) is 0.613. The van der Waals surface area contributed by atoms with E-state index >= 15 is 0 Å². The second kappa shape index (κ2) is 6.90. The number of nitrogens with zero attached hydrogens (tertiary/aromatic N) is 2. The van der Waals surface area contributed by atoms with E-state index in [-0.39, 0.29) is 0 Å². The Labute approximate surface area is 113 Å². The Bertz CT molecular complexity index is 256. The highest BCUT2D eigenvalue weighted by atomic mass is 19.4. The van der Waals surface area contributed by atoms with Crippen LogP contribution < -0.4 is 5.32 Å². The van der Waals surface area contributed by atoms with Crippen LogP contribution in [0.5, 0.6) is 0 Å². The zero-order chi connectivity index (χ0) is 13.7. The fraction of sp³-hybridized carbons (Fsp3) is 1.00. The van der Waals surface area contributed by atoms with E-state index in [9.17, 15) is 13.2 Å². The molecule has 2 fully saturated rings. The fourth-order valence-corrected chi connectivity index (χ4v) is 2.93. The molecule has 1 unspecified atom stereocenters. The highest BCUT2D eigenvalue weighted by Gasteiger charge is 2.32. The summed E-state index contributed by atoms with van der Waals surface area (Å²) < 4.78 is 36.8. The van der Waals surface area contributed by atoms with Gasteiger partial charge in [0.25, 0.3) is 0 Å². The molecule has 2 heterocycles. The van der Waals surface area contributed by atoms with E-state index in [1.54, 1.807) is 0 Å². The molecule has 0 bridgehead atoms. The minimum atomic E-state index is -4.06. The molecule has 0 amide bonds. The molecule has 0 aromatic carbocycles. The van der Waals surface area contributed by atoms with Crippen molar-refractivity contribution in [1.29, 1.82) is 0 Å². The number of hydrogen-bond donors (Lipinski definition) is 1. The maximum atomic E-state index is 12.3. The molecular weight excluding hydrogens is 255 g/mol. The number of piperidine rings is 1. The summed E-state index contributed by atoms with van der Waals surface area (Å²) in [5.41, 5.74) is 0. The van der Waals surface area contributed by atoms with E-state index in [1.165, 1.54) is 24.2 Å². The number of halogens is 3. The van der Waals surface area contributed by atoms with Gasteiger partial charge in [0.2, 0.25) is 0 Å². The summed E-state index contributed by atoms with van der Waals surface area (Å²) in [7, 11) is 0. The average molecular weight is 279 g/mol. The Kier molecular flexibility index (Phi) is 5.47. The molecular formula is C13H24F3N3. The van der Waals surface area contributed by atoms with E-state index in [0.717, 1.165) is 32.6 Å². The van der Waals surface area contributed by atoms with Crippen molar-refractivity contribution in [3.63, 3.8) is 0 Å². The summed E-state index contributed by atoms with van der Waals surface area (Å²) in [5, 5.41) is 3.51. The van der Waals surface area contributed by atoms with Gasteiger partial charge in [0.05, 0.1) is 6.54 Å². The molecule has 3 nitrogen and oxygen atoms in total. The third-order valence-electron chi connectivity index (χ3n) is 4.07. The van der Waals surface area contributed by atoms with E-state index in [2.05, 4.69) is 10.2 Å². The fourth-order valence-electron chi connectivity index (χ4n) is 2.93. The minimum absolute atomic E-state index is 0.539. The summed E-state index contributed by atoms with van der Waals surface area (Å²) >= 11 is 0. The van der Waals surface area contributed by atoms with Gasteiger partial charge in [-0.2, -0.15) is 13.2 Å². The lowest BCUT2D eigenvalue weighted by molar-refractivity contribution is -0.149. The minimum Gasteiger partial charge on any atom is -0.314 e. The van der Waals surface area contributed by atoms with Crippen molar-refractivity contribution in [2.75, 3.05) is 45.8 Å². The third kappa shape index (κ3) is 5.67. The second-order valence-corrected chi connectivity index (χ2v) is 5.67. The van der Waals surface area contributed by atoms with Crippen LogP contribution >= 0.6 is 0 Å². The smallest absolute Gasteiger partial charge is 0.314 e. The van der Waals surface area contributed by atoms with Crippen LogP contribution in [0.4, 0.5) is 13.2 Å². The largest absolute Gasteiger partial charge is 0.401 e. The molecule has 0 aromatic rings. The number of alkyl halides is 3. The van der Waals surface area contributed by atoms with Crippen LogP contribution in [0.15, 0.2) is 0 Å². The highest BCUT2D eigenvalue weighted by Crippen LogP contribution is 2.18. The Hall–Kier alpha value is -0.330. The Balaban J connectivity index is 1.60. The first-order valence-corrected chi connectivity index (χ1v) is 7.28. The molecule has 1 N–H and O–H groups in total. The summed E-state index contributed by atoms with van der Waals surface area (Å²) in [4.78, 5) is 3.80. The molecule has 0 radical (unpaired) electrons. The lowest BCUT2D eigenvalue weighted by Crippen LogP contribution is -2.50. The third-order valence-corrected chi connectivity index (χ3v) is 4.07. The zero-order valence-corrected chi connectivity index (χ0v) is 11.4. The molecule has 0 saturated carbocycles. The van der Waals surface area contributed by atoms with Gasteiger partial charge in [-0.25, -0.2) is 0 Å². The topological polar surface area (TPSA) is 18.5 Å². The van der Waals surface area contributed by atoms with E-state index in [0.29, 0.717) is 19.1 Å². The predicted molar refractivity (Wildman–Crippen MR) is 69.2 cm³/mol. The van der Waals surface area contributed by atoms with Crippen LogP contribution in [0.2, 0.25) is 0 Å². The van der Waals surface area contributed by atoms with Gasteiger partial charge < -0.3 is 10.2 Å². The molecule has 0 aliphatic carbocycles. The Morgan fingerprint density at radius 3 is 2.26 bits per heavy atom. The average Bonchev–Trinajstić information content (AvgIpc) is 2.37. The molecule has 2 aliphatic heterocycles. The van der Waals surface area contributed by atoms with Crippen molar-refractivity contribution < 1.29 is 13.2 Å². The summed E-state index contributed by atoms with van der Waals surface area (Å²) in [6.07, 6.45) is 0.880. The molecule has 19 heavy (non-hydrogen) atoms. The van der Waals surface area contributed by atoms with Gasteiger partial charge in [-0.3, -0.25) is 4.90 Å². The SMILES string of the molecule is FC(F)(F)CN1CCN(CCC2CCCCN2)CC1. The van der Waals surface area contributed by atoms with Gasteiger partial charge in [0.1, 0.15) is 0 Å². The first-order valence-electron chi connectivity index (χ1n) is 7.28. The van der Waals surface area contributed by atoms with Gasteiger partial charge in [-0.05, 0) is 32.4 Å². The van der Waals surface area contributed by atoms with Crippen molar-refractivity contribution in [3.8, 4) is 0 Å². The van der Waals surface area contributed by atoms with E-state index < -0.39 is 12.7 Å². The lowest BCUT2D eigenvalue weighted by Gasteiger charge is -2.36. The van der Waals surface area contributed by atoms with Gasteiger partial charge in [-0.1, -0.05) is 6.42 Å².